The monoisotopic (exact) mass is 170 g/mol. The van der Waals surface area contributed by atoms with Gasteiger partial charge in [0, 0.05) is 25.2 Å². The summed E-state index contributed by atoms with van der Waals surface area (Å²) < 4.78 is 0. The van der Waals surface area contributed by atoms with Crippen LogP contribution in [0.5, 0.6) is 0 Å². The SMILES string of the molecule is CC(C)N(CCN)C1CCCC1. The standard InChI is InChI=1S/C10H22N2/c1-9(2)12(8-7-11)10-5-3-4-6-10/h9-10H,3-8,11H2,1-2H3. The zero-order valence-electron chi connectivity index (χ0n) is 8.42. The van der Waals surface area contributed by atoms with Crippen LogP contribution in [0, 0.1) is 0 Å². The van der Waals surface area contributed by atoms with Gasteiger partial charge in [-0.15, -0.1) is 0 Å². The zero-order valence-corrected chi connectivity index (χ0v) is 8.42. The van der Waals surface area contributed by atoms with Crippen molar-refractivity contribution in [1.29, 1.82) is 0 Å². The summed E-state index contributed by atoms with van der Waals surface area (Å²) in [5.41, 5.74) is 5.59. The highest BCUT2D eigenvalue weighted by atomic mass is 15.2. The fourth-order valence-corrected chi connectivity index (χ4v) is 2.25. The summed E-state index contributed by atoms with van der Waals surface area (Å²) >= 11 is 0. The summed E-state index contributed by atoms with van der Waals surface area (Å²) in [6, 6.07) is 1.49. The van der Waals surface area contributed by atoms with E-state index in [2.05, 4.69) is 18.7 Å². The van der Waals surface area contributed by atoms with Gasteiger partial charge in [-0.25, -0.2) is 0 Å². The lowest BCUT2D eigenvalue weighted by Crippen LogP contribution is -2.41. The highest BCUT2D eigenvalue weighted by Crippen LogP contribution is 2.24. The van der Waals surface area contributed by atoms with Crippen molar-refractivity contribution in [2.24, 2.45) is 5.73 Å². The molecule has 0 radical (unpaired) electrons. The molecule has 0 aliphatic heterocycles. The third-order valence-electron chi connectivity index (χ3n) is 2.84. The van der Waals surface area contributed by atoms with Crippen LogP contribution in [0.15, 0.2) is 0 Å². The fourth-order valence-electron chi connectivity index (χ4n) is 2.25. The maximum atomic E-state index is 5.59. The first-order valence-corrected chi connectivity index (χ1v) is 5.21. The molecule has 1 aliphatic rings. The molecule has 0 atom stereocenters. The number of nitrogens with zero attached hydrogens (tertiary/aromatic N) is 1. The van der Waals surface area contributed by atoms with Crippen molar-refractivity contribution in [3.63, 3.8) is 0 Å². The maximum Gasteiger partial charge on any atom is 0.0110 e. The van der Waals surface area contributed by atoms with E-state index in [0.29, 0.717) is 6.04 Å². The van der Waals surface area contributed by atoms with E-state index in [-0.39, 0.29) is 0 Å². The molecule has 0 aromatic rings. The Morgan fingerprint density at radius 2 is 1.92 bits per heavy atom. The number of nitrogens with two attached hydrogens (primary N) is 1. The second-order valence-electron chi connectivity index (χ2n) is 4.06. The molecule has 0 spiro atoms. The van der Waals surface area contributed by atoms with Crippen molar-refractivity contribution in [3.05, 3.63) is 0 Å². The van der Waals surface area contributed by atoms with Crippen LogP contribution < -0.4 is 5.73 Å². The van der Waals surface area contributed by atoms with Gasteiger partial charge in [-0.3, -0.25) is 4.90 Å². The summed E-state index contributed by atoms with van der Waals surface area (Å²) in [7, 11) is 0. The van der Waals surface area contributed by atoms with Crippen LogP contribution in [0.1, 0.15) is 39.5 Å². The van der Waals surface area contributed by atoms with E-state index >= 15 is 0 Å². The average Bonchev–Trinajstić information content (AvgIpc) is 2.51. The minimum atomic E-state index is 0.664. The minimum absolute atomic E-state index is 0.664. The van der Waals surface area contributed by atoms with Gasteiger partial charge >= 0.3 is 0 Å². The van der Waals surface area contributed by atoms with E-state index in [1.54, 1.807) is 0 Å². The topological polar surface area (TPSA) is 29.3 Å². The normalized spacial score (nSPS) is 19.8. The Hall–Kier alpha value is -0.0800. The highest BCUT2D eigenvalue weighted by Gasteiger charge is 2.23. The molecule has 2 heteroatoms. The summed E-state index contributed by atoms with van der Waals surface area (Å²) in [6.07, 6.45) is 5.60. The Morgan fingerprint density at radius 3 is 2.33 bits per heavy atom. The predicted octanol–water partition coefficient (Wildman–Crippen LogP) is 1.60. The van der Waals surface area contributed by atoms with Crippen LogP contribution in [0.3, 0.4) is 0 Å². The van der Waals surface area contributed by atoms with Crippen molar-refractivity contribution in [1.82, 2.24) is 4.90 Å². The molecule has 2 nitrogen and oxygen atoms in total. The Kier molecular flexibility index (Phi) is 4.02. The summed E-state index contributed by atoms with van der Waals surface area (Å²) in [5, 5.41) is 0. The van der Waals surface area contributed by atoms with E-state index in [9.17, 15) is 0 Å². The molecule has 12 heavy (non-hydrogen) atoms. The van der Waals surface area contributed by atoms with E-state index in [4.69, 9.17) is 5.73 Å². The van der Waals surface area contributed by atoms with Crippen molar-refractivity contribution in [3.8, 4) is 0 Å². The molecule has 1 aliphatic carbocycles. The van der Waals surface area contributed by atoms with Gasteiger partial charge in [-0.2, -0.15) is 0 Å². The molecular weight excluding hydrogens is 148 g/mol. The molecule has 1 fully saturated rings. The number of hydrogen-bond donors (Lipinski definition) is 1. The second-order valence-corrected chi connectivity index (χ2v) is 4.06. The molecule has 0 heterocycles. The quantitative estimate of drug-likeness (QED) is 0.694. The van der Waals surface area contributed by atoms with E-state index in [1.807, 2.05) is 0 Å². The van der Waals surface area contributed by atoms with Crippen molar-refractivity contribution >= 4 is 0 Å². The predicted molar refractivity (Wildman–Crippen MR) is 53.2 cm³/mol. The van der Waals surface area contributed by atoms with Crippen LogP contribution >= 0.6 is 0 Å². The van der Waals surface area contributed by atoms with Gasteiger partial charge in [0.2, 0.25) is 0 Å². The van der Waals surface area contributed by atoms with Gasteiger partial charge in [0.25, 0.3) is 0 Å². The lowest BCUT2D eigenvalue weighted by atomic mass is 10.1. The Bertz CT molecular complexity index is 117. The molecule has 0 unspecified atom stereocenters. The van der Waals surface area contributed by atoms with Crippen molar-refractivity contribution < 1.29 is 0 Å². The molecule has 0 bridgehead atoms. The Balaban J connectivity index is 2.40. The summed E-state index contributed by atoms with van der Waals surface area (Å²) in [6.45, 7) is 6.42. The Morgan fingerprint density at radius 1 is 1.33 bits per heavy atom. The van der Waals surface area contributed by atoms with Gasteiger partial charge in [-0.05, 0) is 26.7 Å². The van der Waals surface area contributed by atoms with Crippen LogP contribution in [-0.2, 0) is 0 Å². The molecule has 0 amide bonds. The van der Waals surface area contributed by atoms with Crippen LogP contribution in [0.4, 0.5) is 0 Å². The van der Waals surface area contributed by atoms with E-state index in [0.717, 1.165) is 19.1 Å². The van der Waals surface area contributed by atoms with E-state index < -0.39 is 0 Å². The second kappa shape index (κ2) is 4.83. The van der Waals surface area contributed by atoms with Crippen LogP contribution in [0.2, 0.25) is 0 Å². The first-order chi connectivity index (χ1) is 5.75. The third kappa shape index (κ3) is 2.46. The number of hydrogen-bond acceptors (Lipinski definition) is 2. The van der Waals surface area contributed by atoms with Gasteiger partial charge in [0.15, 0.2) is 0 Å². The fraction of sp³-hybridized carbons (Fsp3) is 1.00. The summed E-state index contributed by atoms with van der Waals surface area (Å²) in [4.78, 5) is 2.56. The van der Waals surface area contributed by atoms with E-state index in [1.165, 1.54) is 25.7 Å². The minimum Gasteiger partial charge on any atom is -0.329 e. The zero-order chi connectivity index (χ0) is 8.97. The van der Waals surface area contributed by atoms with Crippen molar-refractivity contribution in [2.45, 2.75) is 51.6 Å². The first kappa shape index (κ1) is 10.0. The van der Waals surface area contributed by atoms with Gasteiger partial charge in [-0.1, -0.05) is 12.8 Å². The molecule has 0 saturated heterocycles. The molecule has 0 aromatic heterocycles. The van der Waals surface area contributed by atoms with Gasteiger partial charge in [0.1, 0.15) is 0 Å². The first-order valence-electron chi connectivity index (χ1n) is 5.21. The molecular formula is C10H22N2. The van der Waals surface area contributed by atoms with Gasteiger partial charge < -0.3 is 5.73 Å². The smallest absolute Gasteiger partial charge is 0.0110 e. The summed E-state index contributed by atoms with van der Waals surface area (Å²) in [5.74, 6) is 0. The highest BCUT2D eigenvalue weighted by molar-refractivity contribution is 4.79. The maximum absolute atomic E-state index is 5.59. The number of rotatable bonds is 4. The van der Waals surface area contributed by atoms with Crippen LogP contribution in [0.25, 0.3) is 0 Å². The molecule has 1 rings (SSSR count). The molecule has 0 aromatic carbocycles. The van der Waals surface area contributed by atoms with Crippen molar-refractivity contribution in [2.75, 3.05) is 13.1 Å². The molecule has 1 saturated carbocycles. The third-order valence-corrected chi connectivity index (χ3v) is 2.84. The van der Waals surface area contributed by atoms with Gasteiger partial charge in [0.05, 0.1) is 0 Å². The molecule has 72 valence electrons. The molecule has 2 N–H and O–H groups in total. The van der Waals surface area contributed by atoms with Crippen LogP contribution in [-0.4, -0.2) is 30.1 Å². The lowest BCUT2D eigenvalue weighted by molar-refractivity contribution is 0.160. The lowest BCUT2D eigenvalue weighted by Gasteiger charge is -2.32. The largest absolute Gasteiger partial charge is 0.329 e. The average molecular weight is 170 g/mol. The Labute approximate surface area is 76.1 Å².